The van der Waals surface area contributed by atoms with Gasteiger partial charge in [-0.15, -0.1) is 0 Å². The summed E-state index contributed by atoms with van der Waals surface area (Å²) in [6.07, 6.45) is 13.9. The number of rotatable bonds is 5. The standard InChI is InChI=1S/C24H36N2O/c1-27-20-19-25-15-17-26(18-16-25)23-8-4-3-7-22(23)21-9-13-24(14-10-21)11-5-2-6-12-24/h3-4,7-9H,2,5-6,10-20H2,1H3. The minimum atomic E-state index is 0.643. The molecule has 0 amide bonds. The molecule has 2 fully saturated rings. The number of allylic oxidation sites excluding steroid dienone is 2. The molecule has 0 unspecified atom stereocenters. The fraction of sp³-hybridized carbons (Fsp3) is 0.667. The van der Waals surface area contributed by atoms with Gasteiger partial charge in [-0.25, -0.2) is 0 Å². The smallest absolute Gasteiger partial charge is 0.0589 e. The second kappa shape index (κ2) is 8.79. The average molecular weight is 369 g/mol. The van der Waals surface area contributed by atoms with Crippen LogP contribution in [0.15, 0.2) is 30.3 Å². The molecule has 27 heavy (non-hydrogen) atoms. The number of piperazine rings is 1. The second-order valence-electron chi connectivity index (χ2n) is 8.83. The molecule has 1 heterocycles. The summed E-state index contributed by atoms with van der Waals surface area (Å²) in [6, 6.07) is 9.13. The Bertz CT molecular complexity index is 640. The van der Waals surface area contributed by atoms with Gasteiger partial charge in [-0.1, -0.05) is 43.5 Å². The van der Waals surface area contributed by atoms with Gasteiger partial charge in [0.1, 0.15) is 0 Å². The van der Waals surface area contributed by atoms with Gasteiger partial charge in [0, 0.05) is 51.1 Å². The Morgan fingerprint density at radius 2 is 1.74 bits per heavy atom. The lowest BCUT2D eigenvalue weighted by molar-refractivity contribution is 0.144. The lowest BCUT2D eigenvalue weighted by Crippen LogP contribution is -2.47. The fourth-order valence-electron chi connectivity index (χ4n) is 5.40. The lowest BCUT2D eigenvalue weighted by atomic mass is 9.65. The summed E-state index contributed by atoms with van der Waals surface area (Å²) < 4.78 is 5.24. The van der Waals surface area contributed by atoms with Crippen LogP contribution in [0.25, 0.3) is 5.57 Å². The van der Waals surface area contributed by atoms with Gasteiger partial charge in [0.15, 0.2) is 0 Å². The summed E-state index contributed by atoms with van der Waals surface area (Å²) in [5.41, 5.74) is 5.19. The van der Waals surface area contributed by atoms with Crippen molar-refractivity contribution in [2.75, 3.05) is 51.3 Å². The normalized spacial score (nSPS) is 23.4. The molecule has 0 N–H and O–H groups in total. The van der Waals surface area contributed by atoms with Gasteiger partial charge in [-0.2, -0.15) is 0 Å². The molecule has 4 rings (SSSR count). The van der Waals surface area contributed by atoms with E-state index in [2.05, 4.69) is 40.1 Å². The Labute approximate surface area is 165 Å². The minimum absolute atomic E-state index is 0.643. The average Bonchev–Trinajstić information content (AvgIpc) is 2.74. The van der Waals surface area contributed by atoms with Crippen LogP contribution >= 0.6 is 0 Å². The highest BCUT2D eigenvalue weighted by Gasteiger charge is 2.33. The van der Waals surface area contributed by atoms with Gasteiger partial charge in [-0.05, 0) is 49.2 Å². The number of nitrogens with zero attached hydrogens (tertiary/aromatic N) is 2. The molecule has 3 heteroatoms. The van der Waals surface area contributed by atoms with E-state index in [-0.39, 0.29) is 0 Å². The molecule has 148 valence electrons. The van der Waals surface area contributed by atoms with Crippen molar-refractivity contribution >= 4 is 11.3 Å². The molecule has 1 aliphatic heterocycles. The van der Waals surface area contributed by atoms with E-state index in [1.165, 1.54) is 62.6 Å². The maximum atomic E-state index is 5.24. The number of ether oxygens (including phenoxy) is 1. The van der Waals surface area contributed by atoms with E-state index < -0.39 is 0 Å². The van der Waals surface area contributed by atoms with E-state index in [0.29, 0.717) is 5.41 Å². The fourth-order valence-corrected chi connectivity index (χ4v) is 5.40. The van der Waals surface area contributed by atoms with Crippen LogP contribution in [-0.4, -0.2) is 51.3 Å². The van der Waals surface area contributed by atoms with Crippen molar-refractivity contribution in [3.8, 4) is 0 Å². The molecule has 0 atom stereocenters. The Balaban J connectivity index is 1.44. The van der Waals surface area contributed by atoms with Crippen molar-refractivity contribution in [1.29, 1.82) is 0 Å². The number of hydrogen-bond donors (Lipinski definition) is 0. The predicted molar refractivity (Wildman–Crippen MR) is 114 cm³/mol. The zero-order valence-corrected chi connectivity index (χ0v) is 17.1. The molecule has 0 radical (unpaired) electrons. The number of anilines is 1. The lowest BCUT2D eigenvalue weighted by Gasteiger charge is -2.41. The number of hydrogen-bond acceptors (Lipinski definition) is 3. The first-order chi connectivity index (χ1) is 13.3. The quantitative estimate of drug-likeness (QED) is 0.729. The summed E-state index contributed by atoms with van der Waals surface area (Å²) in [5.74, 6) is 0. The number of benzene rings is 1. The van der Waals surface area contributed by atoms with Gasteiger partial charge in [0.05, 0.1) is 6.61 Å². The van der Waals surface area contributed by atoms with Gasteiger partial charge >= 0.3 is 0 Å². The van der Waals surface area contributed by atoms with E-state index in [0.717, 1.165) is 39.3 Å². The molecule has 1 aromatic rings. The molecule has 1 aromatic carbocycles. The van der Waals surface area contributed by atoms with Crippen molar-refractivity contribution < 1.29 is 4.74 Å². The molecule has 0 aromatic heterocycles. The van der Waals surface area contributed by atoms with Crippen molar-refractivity contribution in [1.82, 2.24) is 4.90 Å². The van der Waals surface area contributed by atoms with E-state index in [1.54, 1.807) is 12.7 Å². The van der Waals surface area contributed by atoms with Crippen LogP contribution in [0.3, 0.4) is 0 Å². The van der Waals surface area contributed by atoms with Crippen molar-refractivity contribution in [3.05, 3.63) is 35.9 Å². The van der Waals surface area contributed by atoms with E-state index in [9.17, 15) is 0 Å². The van der Waals surface area contributed by atoms with Crippen LogP contribution in [0.5, 0.6) is 0 Å². The first-order valence-corrected chi connectivity index (χ1v) is 11.0. The van der Waals surface area contributed by atoms with Crippen LogP contribution in [0.1, 0.15) is 56.9 Å². The summed E-state index contributed by atoms with van der Waals surface area (Å²) in [7, 11) is 1.79. The highest BCUT2D eigenvalue weighted by Crippen LogP contribution is 2.49. The van der Waals surface area contributed by atoms with Crippen LogP contribution in [0.2, 0.25) is 0 Å². The largest absolute Gasteiger partial charge is 0.383 e. The third-order valence-electron chi connectivity index (χ3n) is 7.19. The topological polar surface area (TPSA) is 15.7 Å². The number of methoxy groups -OCH3 is 1. The highest BCUT2D eigenvalue weighted by molar-refractivity contribution is 5.77. The maximum absolute atomic E-state index is 5.24. The molecular formula is C24H36N2O. The predicted octanol–water partition coefficient (Wildman–Crippen LogP) is 4.97. The molecule has 1 spiro atoms. The molecule has 2 aliphatic carbocycles. The Morgan fingerprint density at radius 1 is 0.963 bits per heavy atom. The van der Waals surface area contributed by atoms with Crippen LogP contribution in [0.4, 0.5) is 5.69 Å². The molecule has 3 aliphatic rings. The number of para-hydroxylation sites is 1. The first-order valence-electron chi connectivity index (χ1n) is 11.0. The highest BCUT2D eigenvalue weighted by atomic mass is 16.5. The summed E-state index contributed by atoms with van der Waals surface area (Å²) in [6.45, 7) is 6.42. The molecular weight excluding hydrogens is 332 g/mol. The van der Waals surface area contributed by atoms with Gasteiger partial charge in [0.2, 0.25) is 0 Å². The molecule has 1 saturated carbocycles. The van der Waals surface area contributed by atoms with Crippen LogP contribution in [0, 0.1) is 5.41 Å². The van der Waals surface area contributed by atoms with E-state index in [1.807, 2.05) is 0 Å². The Hall–Kier alpha value is -1.32. The first kappa shape index (κ1) is 19.0. The summed E-state index contributed by atoms with van der Waals surface area (Å²) in [5, 5.41) is 0. The Kier molecular flexibility index (Phi) is 6.19. The monoisotopic (exact) mass is 368 g/mol. The third kappa shape index (κ3) is 4.41. The van der Waals surface area contributed by atoms with Gasteiger partial charge < -0.3 is 9.64 Å². The molecule has 1 saturated heterocycles. The van der Waals surface area contributed by atoms with Crippen LogP contribution < -0.4 is 4.90 Å². The second-order valence-corrected chi connectivity index (χ2v) is 8.83. The minimum Gasteiger partial charge on any atom is -0.383 e. The zero-order chi connectivity index (χ0) is 18.5. The van der Waals surface area contributed by atoms with Crippen LogP contribution in [-0.2, 0) is 4.74 Å². The zero-order valence-electron chi connectivity index (χ0n) is 17.1. The van der Waals surface area contributed by atoms with E-state index >= 15 is 0 Å². The van der Waals surface area contributed by atoms with Gasteiger partial charge in [-0.3, -0.25) is 4.90 Å². The third-order valence-corrected chi connectivity index (χ3v) is 7.19. The van der Waals surface area contributed by atoms with Gasteiger partial charge in [0.25, 0.3) is 0 Å². The molecule has 3 nitrogen and oxygen atoms in total. The maximum Gasteiger partial charge on any atom is 0.0589 e. The Morgan fingerprint density at radius 3 is 2.44 bits per heavy atom. The summed E-state index contributed by atoms with van der Waals surface area (Å²) >= 11 is 0. The van der Waals surface area contributed by atoms with E-state index in [4.69, 9.17) is 4.74 Å². The van der Waals surface area contributed by atoms with Crippen molar-refractivity contribution in [3.63, 3.8) is 0 Å². The summed E-state index contributed by atoms with van der Waals surface area (Å²) in [4.78, 5) is 5.12. The van der Waals surface area contributed by atoms with Crippen molar-refractivity contribution in [2.24, 2.45) is 5.41 Å². The van der Waals surface area contributed by atoms with Crippen molar-refractivity contribution in [2.45, 2.75) is 51.4 Å². The SMILES string of the molecule is COCCN1CCN(c2ccccc2C2=CCC3(CCCCC3)CC2)CC1. The molecule has 0 bridgehead atoms.